The number of amidine groups is 1. The molecule has 0 fully saturated rings. The van der Waals surface area contributed by atoms with E-state index in [1.54, 1.807) is 0 Å². The van der Waals surface area contributed by atoms with Crippen molar-refractivity contribution in [1.82, 2.24) is 0 Å². The van der Waals surface area contributed by atoms with E-state index in [0.717, 1.165) is 61.2 Å². The second-order valence-corrected chi connectivity index (χ2v) is 12.5. The molecular weight excluding hydrogens is 609 g/mol. The summed E-state index contributed by atoms with van der Waals surface area (Å²) in [6.45, 7) is 0. The molecule has 3 nitrogen and oxygen atoms in total. The Bertz CT molecular complexity index is 2560. The van der Waals surface area contributed by atoms with Gasteiger partial charge in [0.1, 0.15) is 11.2 Å². The number of hydrogen-bond donors (Lipinski definition) is 0. The molecule has 2 heterocycles. The summed E-state index contributed by atoms with van der Waals surface area (Å²) >= 11 is 0. The fraction of sp³-hybridized carbons (Fsp3) is 0.0213. The van der Waals surface area contributed by atoms with Gasteiger partial charge in [-0.25, -0.2) is 9.98 Å². The Kier molecular flexibility index (Phi) is 7.56. The van der Waals surface area contributed by atoms with Gasteiger partial charge in [0.25, 0.3) is 0 Å². The van der Waals surface area contributed by atoms with Crippen LogP contribution in [0.4, 0.5) is 0 Å². The highest BCUT2D eigenvalue weighted by Gasteiger charge is 2.20. The van der Waals surface area contributed by atoms with Gasteiger partial charge in [0, 0.05) is 28.3 Å². The predicted octanol–water partition coefficient (Wildman–Crippen LogP) is 12.3. The normalized spacial score (nSPS) is 13.1. The zero-order valence-corrected chi connectivity index (χ0v) is 27.3. The topological polar surface area (TPSA) is 37.9 Å². The first-order chi connectivity index (χ1) is 24.8. The maximum absolute atomic E-state index is 6.68. The molecule has 236 valence electrons. The lowest BCUT2D eigenvalue weighted by Crippen LogP contribution is -2.05. The second-order valence-electron chi connectivity index (χ2n) is 12.5. The van der Waals surface area contributed by atoms with Crippen molar-refractivity contribution < 1.29 is 4.42 Å². The summed E-state index contributed by atoms with van der Waals surface area (Å²) in [4.78, 5) is 10.6. The predicted molar refractivity (Wildman–Crippen MR) is 209 cm³/mol. The largest absolute Gasteiger partial charge is 0.455 e. The van der Waals surface area contributed by atoms with Gasteiger partial charge in [-0.1, -0.05) is 176 Å². The Morgan fingerprint density at radius 1 is 0.400 bits per heavy atom. The zero-order chi connectivity index (χ0) is 33.3. The Morgan fingerprint density at radius 3 is 1.56 bits per heavy atom. The number of aliphatic imine (C=N–C) groups is 2. The molecule has 1 aliphatic rings. The standard InChI is InChI=1S/C47H32N2O/c1-4-12-32(13-5-1)34-22-26-36(27-23-34)39-18-10-19-40-45-41(20-11-21-44(45)50-46(39)40)47-48-42(37-16-8-3-9-17-37)30-31-43(49-47)38-28-24-35(25-29-38)33-14-6-2-7-15-33/h1-30H,31H2. The molecular formula is C47H32N2O. The zero-order valence-electron chi connectivity index (χ0n) is 27.3. The summed E-state index contributed by atoms with van der Waals surface area (Å²) in [6.07, 6.45) is 2.85. The van der Waals surface area contributed by atoms with Gasteiger partial charge in [-0.2, -0.15) is 0 Å². The Morgan fingerprint density at radius 2 is 0.920 bits per heavy atom. The molecule has 1 aromatic heterocycles. The lowest BCUT2D eigenvalue weighted by molar-refractivity contribution is 0.670. The SMILES string of the molecule is C1=C(c2ccccc2)N=C(c2cccc3oc4c(-c5ccc(-c6ccccc6)cc5)cccc4c23)N=C(c2ccc(-c3ccccc3)cc2)C1. The van der Waals surface area contributed by atoms with Crippen molar-refractivity contribution in [1.29, 1.82) is 0 Å². The van der Waals surface area contributed by atoms with Crippen molar-refractivity contribution in [3.63, 3.8) is 0 Å². The molecule has 0 N–H and O–H groups in total. The van der Waals surface area contributed by atoms with Crippen LogP contribution in [0.5, 0.6) is 0 Å². The average Bonchev–Trinajstić information content (AvgIpc) is 3.44. The van der Waals surface area contributed by atoms with Gasteiger partial charge in [0.15, 0.2) is 5.84 Å². The lowest BCUT2D eigenvalue weighted by Gasteiger charge is -2.08. The van der Waals surface area contributed by atoms with Gasteiger partial charge in [-0.3, -0.25) is 0 Å². The molecule has 0 atom stereocenters. The van der Waals surface area contributed by atoms with Crippen LogP contribution < -0.4 is 0 Å². The minimum atomic E-state index is 0.660. The Balaban J connectivity index is 1.17. The van der Waals surface area contributed by atoms with Gasteiger partial charge >= 0.3 is 0 Å². The molecule has 3 heteroatoms. The maximum Gasteiger partial charge on any atom is 0.160 e. The van der Waals surface area contributed by atoms with Crippen LogP contribution in [0.15, 0.2) is 196 Å². The third kappa shape index (κ3) is 5.55. The van der Waals surface area contributed by atoms with E-state index >= 15 is 0 Å². The van der Waals surface area contributed by atoms with Crippen molar-refractivity contribution in [2.45, 2.75) is 6.42 Å². The Labute approximate surface area is 291 Å². The third-order valence-electron chi connectivity index (χ3n) is 9.42. The number of rotatable bonds is 6. The fourth-order valence-electron chi connectivity index (χ4n) is 6.87. The molecule has 0 aliphatic carbocycles. The minimum Gasteiger partial charge on any atom is -0.455 e. The summed E-state index contributed by atoms with van der Waals surface area (Å²) in [5.41, 5.74) is 13.6. The van der Waals surface area contributed by atoms with E-state index in [1.165, 1.54) is 22.3 Å². The molecule has 0 amide bonds. The number of benzene rings is 7. The summed E-state index contributed by atoms with van der Waals surface area (Å²) in [5, 5.41) is 2.06. The number of allylic oxidation sites excluding steroid dienone is 1. The van der Waals surface area contributed by atoms with E-state index in [-0.39, 0.29) is 0 Å². The quantitative estimate of drug-likeness (QED) is 0.178. The highest BCUT2D eigenvalue weighted by atomic mass is 16.3. The summed E-state index contributed by atoms with van der Waals surface area (Å²) in [5.74, 6) is 0.672. The van der Waals surface area contributed by atoms with Gasteiger partial charge in [-0.15, -0.1) is 0 Å². The number of furan rings is 1. The van der Waals surface area contributed by atoms with E-state index in [0.29, 0.717) is 12.3 Å². The van der Waals surface area contributed by atoms with Crippen molar-refractivity contribution >= 4 is 39.2 Å². The van der Waals surface area contributed by atoms with Crippen LogP contribution in [-0.2, 0) is 0 Å². The maximum atomic E-state index is 6.68. The summed E-state index contributed by atoms with van der Waals surface area (Å²) in [6, 6.07) is 61.3. The van der Waals surface area contributed by atoms with E-state index in [1.807, 2.05) is 30.3 Å². The molecule has 1 aliphatic heterocycles. The molecule has 8 aromatic rings. The van der Waals surface area contributed by atoms with Crippen molar-refractivity contribution in [2.75, 3.05) is 0 Å². The molecule has 0 saturated heterocycles. The van der Waals surface area contributed by atoms with Crippen molar-refractivity contribution in [3.05, 3.63) is 199 Å². The Hall–Kier alpha value is -6.58. The van der Waals surface area contributed by atoms with Gasteiger partial charge in [0.2, 0.25) is 0 Å². The summed E-state index contributed by atoms with van der Waals surface area (Å²) in [7, 11) is 0. The van der Waals surface area contributed by atoms with Crippen LogP contribution in [0.3, 0.4) is 0 Å². The molecule has 0 spiro atoms. The van der Waals surface area contributed by atoms with Gasteiger partial charge < -0.3 is 4.42 Å². The summed E-state index contributed by atoms with van der Waals surface area (Å²) < 4.78 is 6.68. The highest BCUT2D eigenvalue weighted by molar-refractivity contribution is 6.23. The molecule has 0 radical (unpaired) electrons. The fourth-order valence-corrected chi connectivity index (χ4v) is 6.87. The molecule has 0 bridgehead atoms. The number of para-hydroxylation sites is 1. The molecule has 0 unspecified atom stereocenters. The molecule has 9 rings (SSSR count). The lowest BCUT2D eigenvalue weighted by atomic mass is 9.98. The number of hydrogen-bond acceptors (Lipinski definition) is 3. The first-order valence-corrected chi connectivity index (χ1v) is 17.0. The second kappa shape index (κ2) is 12.8. The molecule has 0 saturated carbocycles. The van der Waals surface area contributed by atoms with E-state index < -0.39 is 0 Å². The smallest absolute Gasteiger partial charge is 0.160 e. The van der Waals surface area contributed by atoms with E-state index in [2.05, 4.69) is 152 Å². The van der Waals surface area contributed by atoms with Crippen LogP contribution in [0.1, 0.15) is 23.1 Å². The molecule has 7 aromatic carbocycles. The van der Waals surface area contributed by atoms with E-state index in [9.17, 15) is 0 Å². The number of fused-ring (bicyclic) bond motifs is 3. The van der Waals surface area contributed by atoms with Crippen LogP contribution in [0.25, 0.3) is 61.0 Å². The first kappa shape index (κ1) is 29.6. The van der Waals surface area contributed by atoms with Crippen LogP contribution in [-0.4, -0.2) is 11.5 Å². The highest BCUT2D eigenvalue weighted by Crippen LogP contribution is 2.39. The van der Waals surface area contributed by atoms with Crippen molar-refractivity contribution in [3.8, 4) is 33.4 Å². The van der Waals surface area contributed by atoms with Gasteiger partial charge in [0.05, 0.1) is 11.4 Å². The average molecular weight is 641 g/mol. The van der Waals surface area contributed by atoms with E-state index in [4.69, 9.17) is 14.4 Å². The van der Waals surface area contributed by atoms with Crippen LogP contribution in [0.2, 0.25) is 0 Å². The van der Waals surface area contributed by atoms with Gasteiger partial charge in [-0.05, 0) is 45.0 Å². The van der Waals surface area contributed by atoms with Crippen molar-refractivity contribution in [2.24, 2.45) is 9.98 Å². The third-order valence-corrected chi connectivity index (χ3v) is 9.42. The first-order valence-electron chi connectivity index (χ1n) is 17.0. The molecule has 50 heavy (non-hydrogen) atoms. The number of nitrogens with zero attached hydrogens (tertiary/aromatic N) is 2. The minimum absolute atomic E-state index is 0.660. The van der Waals surface area contributed by atoms with Crippen LogP contribution in [0, 0.1) is 0 Å². The monoisotopic (exact) mass is 640 g/mol. The van der Waals surface area contributed by atoms with Crippen LogP contribution >= 0.6 is 0 Å².